The predicted octanol–water partition coefficient (Wildman–Crippen LogP) is 4.30. The summed E-state index contributed by atoms with van der Waals surface area (Å²) in [5.74, 6) is 0.483. The molecule has 1 amide bonds. The highest BCUT2D eigenvalue weighted by molar-refractivity contribution is 6.30. The van der Waals surface area contributed by atoms with Gasteiger partial charge in [0.2, 0.25) is 0 Å². The molecule has 3 rings (SSSR count). The Morgan fingerprint density at radius 2 is 1.79 bits per heavy atom. The van der Waals surface area contributed by atoms with Gasteiger partial charge >= 0.3 is 0 Å². The van der Waals surface area contributed by atoms with E-state index in [4.69, 9.17) is 16.3 Å². The number of hydrogen-bond donors (Lipinski definition) is 0. The van der Waals surface area contributed by atoms with Crippen LogP contribution < -0.4 is 4.74 Å². The summed E-state index contributed by atoms with van der Waals surface area (Å²) < 4.78 is 7.61. The van der Waals surface area contributed by atoms with Crippen molar-refractivity contribution in [1.82, 2.24) is 19.7 Å². The monoisotopic (exact) mass is 398 g/mol. The highest BCUT2D eigenvalue weighted by Crippen LogP contribution is 2.26. The van der Waals surface area contributed by atoms with Crippen LogP contribution in [0.25, 0.3) is 5.69 Å². The van der Waals surface area contributed by atoms with Crippen LogP contribution in [-0.4, -0.2) is 38.2 Å². The fourth-order valence-corrected chi connectivity index (χ4v) is 3.04. The lowest BCUT2D eigenvalue weighted by Gasteiger charge is -2.33. The van der Waals surface area contributed by atoms with E-state index in [9.17, 15) is 4.79 Å². The molecule has 1 heterocycles. The fourth-order valence-electron chi connectivity index (χ4n) is 2.91. The molecule has 0 saturated carbocycles. The zero-order valence-electron chi connectivity index (χ0n) is 16.3. The molecule has 0 aliphatic heterocycles. The van der Waals surface area contributed by atoms with E-state index in [1.165, 1.54) is 6.33 Å². The summed E-state index contributed by atoms with van der Waals surface area (Å²) in [6.07, 6.45) is 3.14. The van der Waals surface area contributed by atoms with E-state index in [-0.39, 0.29) is 11.9 Å². The van der Waals surface area contributed by atoms with Crippen LogP contribution in [0.3, 0.4) is 0 Å². The van der Waals surface area contributed by atoms with Crippen molar-refractivity contribution in [2.45, 2.75) is 32.4 Å². The molecule has 0 saturated heterocycles. The molecule has 0 radical (unpaired) electrons. The van der Waals surface area contributed by atoms with Gasteiger partial charge in [-0.15, -0.1) is 0 Å². The van der Waals surface area contributed by atoms with Gasteiger partial charge in [-0.1, -0.05) is 23.7 Å². The molecule has 1 aromatic heterocycles. The van der Waals surface area contributed by atoms with Crippen molar-refractivity contribution in [2.75, 3.05) is 7.05 Å². The lowest BCUT2D eigenvalue weighted by molar-refractivity contribution is -0.146. The Morgan fingerprint density at radius 1 is 1.14 bits per heavy atom. The summed E-state index contributed by atoms with van der Waals surface area (Å²) in [6.45, 7) is 5.52. The zero-order valence-corrected chi connectivity index (χ0v) is 17.1. The topological polar surface area (TPSA) is 60.2 Å². The van der Waals surface area contributed by atoms with Gasteiger partial charge in [-0.05, 0) is 62.7 Å². The minimum Gasteiger partial charge on any atom is -0.478 e. The molecule has 1 unspecified atom stereocenters. The molecule has 0 fully saturated rings. The molecular weight excluding hydrogens is 376 g/mol. The van der Waals surface area contributed by atoms with E-state index in [2.05, 4.69) is 10.1 Å². The van der Waals surface area contributed by atoms with Crippen LogP contribution in [0.4, 0.5) is 0 Å². The van der Waals surface area contributed by atoms with Crippen molar-refractivity contribution in [2.24, 2.45) is 0 Å². The molecule has 6 nitrogen and oxygen atoms in total. The fraction of sp³-hybridized carbons (Fsp3) is 0.286. The number of nitrogens with zero attached hydrogens (tertiary/aromatic N) is 4. The summed E-state index contributed by atoms with van der Waals surface area (Å²) in [6, 6.07) is 14.7. The van der Waals surface area contributed by atoms with Gasteiger partial charge in [0.15, 0.2) is 5.60 Å². The molecule has 146 valence electrons. The normalized spacial score (nSPS) is 12.5. The van der Waals surface area contributed by atoms with Gasteiger partial charge in [-0.2, -0.15) is 5.10 Å². The van der Waals surface area contributed by atoms with Gasteiger partial charge in [0.25, 0.3) is 5.91 Å². The summed E-state index contributed by atoms with van der Waals surface area (Å²) >= 11 is 5.91. The van der Waals surface area contributed by atoms with Crippen LogP contribution >= 0.6 is 11.6 Å². The molecule has 0 spiro atoms. The summed E-state index contributed by atoms with van der Waals surface area (Å²) in [7, 11) is 1.78. The number of carbonyl (C=O) groups is 1. The number of aromatic nitrogens is 3. The number of likely N-dealkylation sites (N-methyl/N-ethyl adjacent to an activating group) is 1. The second-order valence-electron chi connectivity index (χ2n) is 7.09. The molecular formula is C21H23ClN4O2. The van der Waals surface area contributed by atoms with Gasteiger partial charge in [-0.25, -0.2) is 9.67 Å². The minimum atomic E-state index is -1.02. The van der Waals surface area contributed by atoms with Crippen LogP contribution in [0.1, 0.15) is 32.4 Å². The van der Waals surface area contributed by atoms with E-state index in [0.717, 1.165) is 11.3 Å². The van der Waals surface area contributed by atoms with E-state index in [0.29, 0.717) is 10.8 Å². The molecule has 0 aliphatic carbocycles. The molecule has 0 N–H and O–H groups in total. The smallest absolute Gasteiger partial charge is 0.266 e. The van der Waals surface area contributed by atoms with E-state index < -0.39 is 5.60 Å². The first-order chi connectivity index (χ1) is 13.3. The maximum absolute atomic E-state index is 13.1. The van der Waals surface area contributed by atoms with E-state index in [1.807, 2.05) is 31.2 Å². The number of carbonyl (C=O) groups excluding carboxylic acids is 1. The van der Waals surface area contributed by atoms with Gasteiger partial charge in [-0.3, -0.25) is 4.79 Å². The van der Waals surface area contributed by atoms with Crippen LogP contribution in [0, 0.1) is 0 Å². The first-order valence-corrected chi connectivity index (χ1v) is 9.32. The van der Waals surface area contributed by atoms with Crippen LogP contribution in [0.5, 0.6) is 5.75 Å². The van der Waals surface area contributed by atoms with Crippen molar-refractivity contribution in [3.05, 3.63) is 71.8 Å². The van der Waals surface area contributed by atoms with Gasteiger partial charge in [0.05, 0.1) is 11.7 Å². The Morgan fingerprint density at radius 3 is 2.36 bits per heavy atom. The number of amides is 1. The van der Waals surface area contributed by atoms with Crippen molar-refractivity contribution < 1.29 is 9.53 Å². The van der Waals surface area contributed by atoms with Crippen molar-refractivity contribution >= 4 is 17.5 Å². The lowest BCUT2D eigenvalue weighted by atomic mass is 10.0. The first-order valence-electron chi connectivity index (χ1n) is 8.95. The molecule has 0 bridgehead atoms. The maximum atomic E-state index is 13.1. The standard InChI is InChI=1S/C21H23ClN4O2/c1-15(16-5-9-18(10-6-16)26-14-23-13-24-26)25(4)20(27)21(2,3)28-19-11-7-17(22)8-12-19/h5-15H,1-4H3. The second kappa shape index (κ2) is 8.02. The Hall–Kier alpha value is -2.86. The highest BCUT2D eigenvalue weighted by Gasteiger charge is 2.35. The molecule has 1 atom stereocenters. The molecule has 28 heavy (non-hydrogen) atoms. The third-order valence-corrected chi connectivity index (χ3v) is 4.91. The van der Waals surface area contributed by atoms with Gasteiger partial charge in [0.1, 0.15) is 18.4 Å². The summed E-state index contributed by atoms with van der Waals surface area (Å²) in [4.78, 5) is 18.7. The minimum absolute atomic E-state index is 0.115. The average molecular weight is 399 g/mol. The van der Waals surface area contributed by atoms with Crippen LogP contribution in [0.2, 0.25) is 5.02 Å². The second-order valence-corrected chi connectivity index (χ2v) is 7.53. The van der Waals surface area contributed by atoms with Crippen LogP contribution in [0.15, 0.2) is 61.2 Å². The summed E-state index contributed by atoms with van der Waals surface area (Å²) in [5, 5.41) is 4.74. The lowest BCUT2D eigenvalue weighted by Crippen LogP contribution is -2.48. The van der Waals surface area contributed by atoms with Crippen LogP contribution in [-0.2, 0) is 4.79 Å². The molecule has 7 heteroatoms. The number of hydrogen-bond acceptors (Lipinski definition) is 4. The summed E-state index contributed by atoms with van der Waals surface area (Å²) in [5.41, 5.74) is 0.910. The molecule has 3 aromatic rings. The van der Waals surface area contributed by atoms with E-state index >= 15 is 0 Å². The maximum Gasteiger partial charge on any atom is 0.266 e. The first kappa shape index (κ1) is 19.9. The van der Waals surface area contributed by atoms with Crippen molar-refractivity contribution in [3.63, 3.8) is 0 Å². The van der Waals surface area contributed by atoms with E-state index in [1.54, 1.807) is 61.1 Å². The number of ether oxygens (including phenoxy) is 1. The average Bonchev–Trinajstić information content (AvgIpc) is 3.23. The third-order valence-electron chi connectivity index (χ3n) is 4.66. The largest absolute Gasteiger partial charge is 0.478 e. The SMILES string of the molecule is CC(c1ccc(-n2cncn2)cc1)N(C)C(=O)C(C)(C)Oc1ccc(Cl)cc1. The van der Waals surface area contributed by atoms with Gasteiger partial charge < -0.3 is 9.64 Å². The molecule has 2 aromatic carbocycles. The number of rotatable bonds is 6. The predicted molar refractivity (Wildman–Crippen MR) is 109 cm³/mol. The Kier molecular flexibility index (Phi) is 5.70. The number of halogens is 1. The van der Waals surface area contributed by atoms with Crippen molar-refractivity contribution in [3.8, 4) is 11.4 Å². The highest BCUT2D eigenvalue weighted by atomic mass is 35.5. The molecule has 0 aliphatic rings. The van der Waals surface area contributed by atoms with Gasteiger partial charge in [0, 0.05) is 12.1 Å². The van der Waals surface area contributed by atoms with Crippen molar-refractivity contribution in [1.29, 1.82) is 0 Å². The quantitative estimate of drug-likeness (QED) is 0.621. The number of benzene rings is 2. The zero-order chi connectivity index (χ0) is 20.3. The Bertz CT molecular complexity index is 922. The Balaban J connectivity index is 1.71. The third kappa shape index (κ3) is 4.34. The Labute approximate surface area is 169 Å².